The van der Waals surface area contributed by atoms with E-state index >= 15 is 0 Å². The van der Waals surface area contributed by atoms with Crippen molar-refractivity contribution in [3.63, 3.8) is 0 Å². The summed E-state index contributed by atoms with van der Waals surface area (Å²) in [6.45, 7) is 0. The standard InChI is InChI=1S/C14H15ClF3N3O3S/c1-21(25(22,23)12-8-7-11(24-2)19-20-12)13(14(16,17)18)9-3-5-10(15)6-4-9/h3-8,13,19-20H,1-2H3/t13-/m1/s1. The van der Waals surface area contributed by atoms with Gasteiger partial charge in [0.2, 0.25) is 5.88 Å². The van der Waals surface area contributed by atoms with Gasteiger partial charge in [0.1, 0.15) is 6.04 Å². The minimum atomic E-state index is -4.83. The molecule has 1 aliphatic heterocycles. The molecule has 1 aromatic carbocycles. The molecule has 0 bridgehead atoms. The van der Waals surface area contributed by atoms with Gasteiger partial charge >= 0.3 is 6.18 Å². The Morgan fingerprint density at radius 1 is 1.16 bits per heavy atom. The van der Waals surface area contributed by atoms with E-state index in [2.05, 4.69) is 10.9 Å². The van der Waals surface area contributed by atoms with E-state index in [0.29, 0.717) is 0 Å². The summed E-state index contributed by atoms with van der Waals surface area (Å²) in [6.07, 6.45) is -2.44. The van der Waals surface area contributed by atoms with Gasteiger partial charge in [-0.2, -0.15) is 17.5 Å². The van der Waals surface area contributed by atoms with Crippen molar-refractivity contribution < 1.29 is 26.3 Å². The van der Waals surface area contributed by atoms with E-state index in [0.717, 1.165) is 25.3 Å². The maximum absolute atomic E-state index is 13.5. The zero-order valence-corrected chi connectivity index (χ0v) is 14.7. The van der Waals surface area contributed by atoms with Gasteiger partial charge in [-0.05, 0) is 23.8 Å². The fraction of sp³-hybridized carbons (Fsp3) is 0.286. The topological polar surface area (TPSA) is 70.7 Å². The van der Waals surface area contributed by atoms with Crippen LogP contribution in [0, 0.1) is 0 Å². The lowest BCUT2D eigenvalue weighted by molar-refractivity contribution is -0.171. The normalized spacial score (nSPS) is 16.4. The summed E-state index contributed by atoms with van der Waals surface area (Å²) < 4.78 is 70.9. The molecule has 11 heteroatoms. The summed E-state index contributed by atoms with van der Waals surface area (Å²) in [7, 11) is -2.26. The van der Waals surface area contributed by atoms with Gasteiger partial charge in [-0.25, -0.2) is 8.42 Å². The highest BCUT2D eigenvalue weighted by Crippen LogP contribution is 2.39. The van der Waals surface area contributed by atoms with Crippen molar-refractivity contribution in [2.45, 2.75) is 12.2 Å². The lowest BCUT2D eigenvalue weighted by Gasteiger charge is -2.31. The van der Waals surface area contributed by atoms with Crippen molar-refractivity contribution >= 4 is 21.6 Å². The van der Waals surface area contributed by atoms with Crippen LogP contribution in [0.5, 0.6) is 0 Å². The lowest BCUT2D eigenvalue weighted by atomic mass is 10.1. The SMILES string of the molecule is COC1=CC=C(S(=O)(=O)N(C)[C@H](c2ccc(Cl)cc2)C(F)(F)F)NN1. The Bertz CT molecular complexity index is 792. The molecule has 138 valence electrons. The molecule has 1 heterocycles. The first-order valence-corrected chi connectivity index (χ1v) is 8.67. The number of ether oxygens (including phenoxy) is 1. The number of hydrogen-bond acceptors (Lipinski definition) is 5. The molecule has 6 nitrogen and oxygen atoms in total. The van der Waals surface area contributed by atoms with E-state index < -0.39 is 27.3 Å². The van der Waals surface area contributed by atoms with Crippen LogP contribution in [0.3, 0.4) is 0 Å². The van der Waals surface area contributed by atoms with E-state index in [1.807, 2.05) is 0 Å². The molecular weight excluding hydrogens is 383 g/mol. The first kappa shape index (κ1) is 19.4. The molecule has 0 aromatic heterocycles. The molecule has 0 saturated carbocycles. The number of hydrazine groups is 1. The molecule has 1 atom stereocenters. The third-order valence-electron chi connectivity index (χ3n) is 3.43. The fourth-order valence-electron chi connectivity index (χ4n) is 2.17. The number of benzene rings is 1. The molecule has 0 fully saturated rings. The van der Waals surface area contributed by atoms with E-state index in [1.54, 1.807) is 0 Å². The number of alkyl halides is 3. The van der Waals surface area contributed by atoms with Crippen LogP contribution in [-0.2, 0) is 14.8 Å². The highest BCUT2D eigenvalue weighted by molar-refractivity contribution is 7.92. The summed E-state index contributed by atoms with van der Waals surface area (Å²) in [5.41, 5.74) is 4.48. The van der Waals surface area contributed by atoms with Crippen LogP contribution in [0.15, 0.2) is 47.3 Å². The van der Waals surface area contributed by atoms with Gasteiger partial charge in [0.05, 0.1) is 7.11 Å². The van der Waals surface area contributed by atoms with Crippen molar-refractivity contribution in [1.82, 2.24) is 15.2 Å². The zero-order valence-electron chi connectivity index (χ0n) is 13.1. The molecule has 0 radical (unpaired) electrons. The van der Waals surface area contributed by atoms with Gasteiger partial charge in [0.25, 0.3) is 10.0 Å². The first-order valence-electron chi connectivity index (χ1n) is 6.85. The van der Waals surface area contributed by atoms with E-state index in [4.69, 9.17) is 16.3 Å². The van der Waals surface area contributed by atoms with Crippen LogP contribution in [0.4, 0.5) is 13.2 Å². The molecule has 2 N–H and O–H groups in total. The maximum Gasteiger partial charge on any atom is 0.409 e. The van der Waals surface area contributed by atoms with Crippen LogP contribution in [0.2, 0.25) is 5.02 Å². The van der Waals surface area contributed by atoms with Crippen LogP contribution in [0.25, 0.3) is 0 Å². The summed E-state index contributed by atoms with van der Waals surface area (Å²) in [4.78, 5) is 0. The average molecular weight is 398 g/mol. The maximum atomic E-state index is 13.5. The van der Waals surface area contributed by atoms with Crippen LogP contribution < -0.4 is 10.9 Å². The van der Waals surface area contributed by atoms with Crippen molar-refractivity contribution in [1.29, 1.82) is 0 Å². The Morgan fingerprint density at radius 3 is 2.20 bits per heavy atom. The minimum Gasteiger partial charge on any atom is -0.481 e. The van der Waals surface area contributed by atoms with Gasteiger partial charge in [-0.3, -0.25) is 10.9 Å². The van der Waals surface area contributed by atoms with Crippen molar-refractivity contribution in [2.24, 2.45) is 0 Å². The van der Waals surface area contributed by atoms with Crippen molar-refractivity contribution in [3.05, 3.63) is 57.9 Å². The number of allylic oxidation sites excluding steroid dienone is 2. The molecule has 0 spiro atoms. The molecule has 0 aliphatic carbocycles. The molecule has 0 unspecified atom stereocenters. The van der Waals surface area contributed by atoms with E-state index in [-0.39, 0.29) is 20.8 Å². The highest BCUT2D eigenvalue weighted by Gasteiger charge is 2.48. The Hall–Kier alpha value is -1.91. The van der Waals surface area contributed by atoms with Gasteiger partial charge < -0.3 is 4.74 Å². The van der Waals surface area contributed by atoms with Gasteiger partial charge in [0.15, 0.2) is 5.03 Å². The number of sulfonamides is 1. The quantitative estimate of drug-likeness (QED) is 0.799. The second-order valence-corrected chi connectivity index (χ2v) is 7.44. The summed E-state index contributed by atoms with van der Waals surface area (Å²) in [5, 5.41) is -0.202. The van der Waals surface area contributed by atoms with E-state index in [1.165, 1.54) is 25.3 Å². The Labute approximate surface area is 147 Å². The molecular formula is C14H15ClF3N3O3S. The van der Waals surface area contributed by atoms with Crippen molar-refractivity contribution in [2.75, 3.05) is 14.2 Å². The number of halogens is 4. The van der Waals surface area contributed by atoms with E-state index in [9.17, 15) is 21.6 Å². The Balaban J connectivity index is 2.42. The average Bonchev–Trinajstić information content (AvgIpc) is 2.55. The minimum absolute atomic E-state index is 0.215. The molecule has 0 saturated heterocycles. The monoisotopic (exact) mass is 397 g/mol. The largest absolute Gasteiger partial charge is 0.481 e. The number of nitrogens with one attached hydrogen (secondary N) is 2. The molecule has 1 aliphatic rings. The lowest BCUT2D eigenvalue weighted by Crippen LogP contribution is -2.45. The Kier molecular flexibility index (Phi) is 5.55. The van der Waals surface area contributed by atoms with Crippen molar-refractivity contribution in [3.8, 4) is 0 Å². The third-order valence-corrected chi connectivity index (χ3v) is 5.45. The fourth-order valence-corrected chi connectivity index (χ4v) is 3.55. The predicted octanol–water partition coefficient (Wildman–Crippen LogP) is 2.64. The highest BCUT2D eigenvalue weighted by atomic mass is 35.5. The third kappa shape index (κ3) is 4.20. The van der Waals surface area contributed by atoms with Gasteiger partial charge in [-0.15, -0.1) is 0 Å². The summed E-state index contributed by atoms with van der Waals surface area (Å²) in [5.74, 6) is 0.215. The molecule has 25 heavy (non-hydrogen) atoms. The summed E-state index contributed by atoms with van der Waals surface area (Å²) in [6, 6.07) is 2.43. The molecule has 1 aromatic rings. The number of hydrogen-bond donors (Lipinski definition) is 2. The van der Waals surface area contributed by atoms with Gasteiger partial charge in [-0.1, -0.05) is 23.7 Å². The second kappa shape index (κ2) is 7.14. The molecule has 2 rings (SSSR count). The Morgan fingerprint density at radius 2 is 1.76 bits per heavy atom. The second-order valence-electron chi connectivity index (χ2n) is 5.03. The molecule has 0 amide bonds. The number of rotatable bonds is 5. The number of methoxy groups -OCH3 is 1. The smallest absolute Gasteiger partial charge is 0.409 e. The van der Waals surface area contributed by atoms with Crippen LogP contribution in [-0.4, -0.2) is 33.1 Å². The first-order chi connectivity index (χ1) is 11.6. The van der Waals surface area contributed by atoms with Crippen LogP contribution >= 0.6 is 11.6 Å². The van der Waals surface area contributed by atoms with Crippen LogP contribution in [0.1, 0.15) is 11.6 Å². The van der Waals surface area contributed by atoms with Gasteiger partial charge in [0, 0.05) is 18.1 Å². The zero-order chi connectivity index (χ0) is 18.8. The summed E-state index contributed by atoms with van der Waals surface area (Å²) >= 11 is 5.69. The predicted molar refractivity (Wildman–Crippen MR) is 86.4 cm³/mol. The number of nitrogens with zero attached hydrogens (tertiary/aromatic N) is 1.